The van der Waals surface area contributed by atoms with Crippen LogP contribution in [-0.2, 0) is 15.1 Å². The van der Waals surface area contributed by atoms with Crippen LogP contribution in [0.4, 0.5) is 30.7 Å². The summed E-state index contributed by atoms with van der Waals surface area (Å²) in [4.78, 5) is 38.3. The van der Waals surface area contributed by atoms with E-state index in [0.717, 1.165) is 42.6 Å². The van der Waals surface area contributed by atoms with Crippen molar-refractivity contribution in [1.82, 2.24) is 45.3 Å². The summed E-state index contributed by atoms with van der Waals surface area (Å²) < 4.78 is 102. The maximum atomic E-state index is 16.3. The van der Waals surface area contributed by atoms with E-state index >= 15 is 9.18 Å². The quantitative estimate of drug-likeness (QED) is 0.154. The van der Waals surface area contributed by atoms with E-state index in [-0.39, 0.29) is 27.9 Å². The molecule has 1 saturated heterocycles. The predicted octanol–water partition coefficient (Wildman–Crippen LogP) is 6.51. The molecule has 2 amide bonds. The van der Waals surface area contributed by atoms with Gasteiger partial charge in [-0.05, 0) is 49.4 Å². The van der Waals surface area contributed by atoms with Crippen molar-refractivity contribution in [2.24, 2.45) is 16.3 Å². The second kappa shape index (κ2) is 13.1. The Morgan fingerprint density at radius 1 is 1.07 bits per heavy atom. The zero-order valence-electron chi connectivity index (χ0n) is 28.8. The number of benzene rings is 2. The molecule has 0 spiro atoms. The number of hydrogen-bond acceptors (Lipinski definition) is 8. The van der Waals surface area contributed by atoms with Gasteiger partial charge >= 0.3 is 12.4 Å². The molecule has 286 valence electrons. The largest absolute Gasteiger partial charge is 0.400 e. The van der Waals surface area contributed by atoms with Gasteiger partial charge in [0.05, 0.1) is 34.4 Å². The van der Waals surface area contributed by atoms with Crippen LogP contribution in [0.2, 0.25) is 5.02 Å². The fourth-order valence-electron chi connectivity index (χ4n) is 6.51. The van der Waals surface area contributed by atoms with Gasteiger partial charge in [-0.3, -0.25) is 14.5 Å². The first-order chi connectivity index (χ1) is 25.3. The summed E-state index contributed by atoms with van der Waals surface area (Å²) in [5.74, 6) is -5.88. The summed E-state index contributed by atoms with van der Waals surface area (Å²) in [6.45, 7) is 1.77. The Morgan fingerprint density at radius 2 is 1.78 bits per heavy atom. The summed E-state index contributed by atoms with van der Waals surface area (Å²) in [6, 6.07) is 8.88. The lowest BCUT2D eigenvalue weighted by molar-refractivity contribution is -0.218. The number of fused-ring (bicyclic) bond motifs is 5. The minimum atomic E-state index is -4.91. The molecule has 1 aliphatic carbocycles. The third-order valence-corrected chi connectivity index (χ3v) is 10.3. The van der Waals surface area contributed by atoms with E-state index in [2.05, 4.69) is 35.9 Å². The van der Waals surface area contributed by atoms with Crippen LogP contribution in [0.15, 0.2) is 60.0 Å². The molecular formula is C34H32ClF7N10O2. The second-order valence-electron chi connectivity index (χ2n) is 14.2. The first-order valence-corrected chi connectivity index (χ1v) is 17.2. The average Bonchev–Trinajstić information content (AvgIpc) is 3.50. The zero-order valence-corrected chi connectivity index (χ0v) is 29.5. The number of guanidine groups is 1. The molecule has 0 radical (unpaired) electrons. The standard InChI is InChI=1S/C34H32ClF7N10O2/c1-17(33(37,38)39)28(53)43-14-25-19-6-11-22(35)24(12-19)51-27(44-16-46-51)26(36)47-30-48-32(29(54)50(25)30,15-31(2,3)34(40,41)42)20-7-4-18(5-8-20)23-13-45-52(49-23)21-9-10-21/h4-8,11-13,16-17,21,25-26H,9-10,14-15H2,1-3H3,(H,43,53)(H,47,48)/t17-,25+,26?,32+/m0/s1. The van der Waals surface area contributed by atoms with Gasteiger partial charge in [0.15, 0.2) is 5.82 Å². The third kappa shape index (κ3) is 6.55. The van der Waals surface area contributed by atoms with Crippen molar-refractivity contribution >= 4 is 29.4 Å². The fourth-order valence-corrected chi connectivity index (χ4v) is 6.70. The normalized spacial score (nSPS) is 23.2. The molecule has 4 atom stereocenters. The van der Waals surface area contributed by atoms with Crippen molar-refractivity contribution in [2.75, 3.05) is 6.54 Å². The van der Waals surface area contributed by atoms with Crippen molar-refractivity contribution in [3.63, 3.8) is 0 Å². The number of hydrogen-bond donors (Lipinski definition) is 2. The highest BCUT2D eigenvalue weighted by Crippen LogP contribution is 2.49. The predicted molar refractivity (Wildman–Crippen MR) is 178 cm³/mol. The Hall–Kier alpha value is -5.07. The fraction of sp³-hybridized carbons (Fsp3) is 0.441. The van der Waals surface area contributed by atoms with Crippen LogP contribution in [0.5, 0.6) is 0 Å². The molecule has 4 aromatic rings. The number of halogens is 8. The molecule has 2 bridgehead atoms. The van der Waals surface area contributed by atoms with Gasteiger partial charge in [-0.25, -0.2) is 19.0 Å². The molecule has 3 aliphatic rings. The molecule has 12 nitrogen and oxygen atoms in total. The summed E-state index contributed by atoms with van der Waals surface area (Å²) in [7, 11) is 0. The number of nitrogens with zero attached hydrogens (tertiary/aromatic N) is 8. The SMILES string of the molecule is C[C@@H](C(=O)NC[C@@H]1c2ccc(Cl)c(c2)-n2ncnc2C(F)/N=C2\N[C@](CC(C)(C)C(F)(F)F)(c3ccc(-c4cnn(C5CC5)n4)cc3)C(=O)N21)C(F)(F)F. The van der Waals surface area contributed by atoms with Gasteiger partial charge in [0.1, 0.15) is 23.5 Å². The van der Waals surface area contributed by atoms with Gasteiger partial charge in [0.2, 0.25) is 11.9 Å². The van der Waals surface area contributed by atoms with E-state index in [0.29, 0.717) is 18.2 Å². The Morgan fingerprint density at radius 3 is 2.43 bits per heavy atom. The molecule has 2 N–H and O–H groups in total. The number of nitrogens with one attached hydrogen (secondary N) is 2. The number of carbonyl (C=O) groups is 2. The zero-order chi connectivity index (χ0) is 39.0. The second-order valence-corrected chi connectivity index (χ2v) is 14.6. The lowest BCUT2D eigenvalue weighted by atomic mass is 9.74. The van der Waals surface area contributed by atoms with E-state index in [1.54, 1.807) is 23.1 Å². The summed E-state index contributed by atoms with van der Waals surface area (Å²) in [5.41, 5.74) is -3.55. The summed E-state index contributed by atoms with van der Waals surface area (Å²) in [6.07, 6.45) is -8.65. The number of aliphatic imine (C=N–C) groups is 1. The van der Waals surface area contributed by atoms with Gasteiger partial charge in [0.25, 0.3) is 12.2 Å². The highest BCUT2D eigenvalue weighted by Gasteiger charge is 2.60. The number of alkyl halides is 7. The first kappa shape index (κ1) is 37.3. The number of aromatic nitrogens is 6. The Bertz CT molecular complexity index is 2130. The maximum absolute atomic E-state index is 16.3. The molecule has 2 aliphatic heterocycles. The molecular weight excluding hydrogens is 749 g/mol. The van der Waals surface area contributed by atoms with Crippen molar-refractivity contribution in [3.05, 3.63) is 77.0 Å². The monoisotopic (exact) mass is 780 g/mol. The molecule has 2 fully saturated rings. The van der Waals surface area contributed by atoms with Crippen LogP contribution < -0.4 is 10.6 Å². The smallest absolute Gasteiger partial charge is 0.353 e. The van der Waals surface area contributed by atoms with Crippen LogP contribution in [0.1, 0.15) is 75.4 Å². The number of amides is 2. The Kier molecular flexibility index (Phi) is 9.00. The van der Waals surface area contributed by atoms with Crippen molar-refractivity contribution < 1.29 is 40.3 Å². The van der Waals surface area contributed by atoms with E-state index in [4.69, 9.17) is 11.6 Å². The molecule has 20 heteroatoms. The van der Waals surface area contributed by atoms with E-state index in [1.165, 1.54) is 30.3 Å². The minimum absolute atomic E-state index is 0.0390. The highest BCUT2D eigenvalue weighted by molar-refractivity contribution is 6.32. The molecule has 1 unspecified atom stereocenters. The van der Waals surface area contributed by atoms with Gasteiger partial charge in [0, 0.05) is 12.1 Å². The molecule has 7 rings (SSSR count). The van der Waals surface area contributed by atoms with Crippen molar-refractivity contribution in [3.8, 4) is 16.9 Å². The van der Waals surface area contributed by atoms with Gasteiger partial charge in [-0.2, -0.15) is 46.4 Å². The minimum Gasteiger partial charge on any atom is -0.353 e. The van der Waals surface area contributed by atoms with Crippen LogP contribution in [0, 0.1) is 11.3 Å². The Labute approximate surface area is 307 Å². The van der Waals surface area contributed by atoms with Crippen LogP contribution in [0.25, 0.3) is 16.9 Å². The van der Waals surface area contributed by atoms with Crippen LogP contribution >= 0.6 is 11.6 Å². The maximum Gasteiger partial charge on any atom is 0.400 e. The van der Waals surface area contributed by atoms with Gasteiger partial charge in [-0.15, -0.1) is 0 Å². The highest BCUT2D eigenvalue weighted by atomic mass is 35.5. The van der Waals surface area contributed by atoms with Gasteiger partial charge in [-0.1, -0.05) is 55.8 Å². The van der Waals surface area contributed by atoms with E-state index in [1.807, 2.05) is 0 Å². The topological polar surface area (TPSA) is 135 Å². The lowest BCUT2D eigenvalue weighted by Crippen LogP contribution is -2.51. The molecule has 2 aromatic heterocycles. The molecule has 2 aromatic carbocycles. The van der Waals surface area contributed by atoms with Crippen LogP contribution in [-0.4, -0.2) is 71.3 Å². The van der Waals surface area contributed by atoms with E-state index < -0.39 is 78.1 Å². The Balaban J connectivity index is 1.38. The van der Waals surface area contributed by atoms with Crippen molar-refractivity contribution in [2.45, 2.75) is 76.3 Å². The molecule has 54 heavy (non-hydrogen) atoms. The number of rotatable bonds is 8. The summed E-state index contributed by atoms with van der Waals surface area (Å²) >= 11 is 6.46. The first-order valence-electron chi connectivity index (χ1n) is 16.8. The molecule has 1 saturated carbocycles. The third-order valence-electron chi connectivity index (χ3n) is 9.94. The van der Waals surface area contributed by atoms with Crippen molar-refractivity contribution in [1.29, 1.82) is 0 Å². The molecule has 4 heterocycles. The average molecular weight is 781 g/mol. The van der Waals surface area contributed by atoms with Crippen LogP contribution in [0.3, 0.4) is 0 Å². The van der Waals surface area contributed by atoms with Gasteiger partial charge < -0.3 is 10.6 Å². The van der Waals surface area contributed by atoms with E-state index in [9.17, 15) is 31.1 Å². The lowest BCUT2D eigenvalue weighted by Gasteiger charge is -2.37. The summed E-state index contributed by atoms with van der Waals surface area (Å²) in [5, 5.41) is 17.9. The number of carbonyl (C=O) groups excluding carboxylic acids is 2.